The molecule has 0 amide bonds. The maximum atomic E-state index is 12.9. The van der Waals surface area contributed by atoms with Gasteiger partial charge in [-0.05, 0) is 24.6 Å². The Labute approximate surface area is 113 Å². The average molecular weight is 286 g/mol. The fourth-order valence-electron chi connectivity index (χ4n) is 2.37. The Morgan fingerprint density at radius 3 is 2.11 bits per heavy atom. The molecule has 1 fully saturated rings. The van der Waals surface area contributed by atoms with Gasteiger partial charge in [0.05, 0.1) is 6.26 Å². The molecule has 1 atom stereocenters. The van der Waals surface area contributed by atoms with Crippen LogP contribution in [0.5, 0.6) is 0 Å². The van der Waals surface area contributed by atoms with E-state index in [1.165, 1.54) is 22.7 Å². The number of hydrogen-bond acceptors (Lipinski definition) is 3. The molecule has 106 valence electrons. The average Bonchev–Trinajstić information content (AvgIpc) is 2.38. The molecule has 1 heterocycles. The maximum Gasteiger partial charge on any atom is 0.211 e. The molecule has 0 aliphatic carbocycles. The van der Waals surface area contributed by atoms with E-state index in [1.807, 2.05) is 0 Å². The van der Waals surface area contributed by atoms with Crippen molar-refractivity contribution in [2.75, 3.05) is 32.4 Å². The highest BCUT2D eigenvalue weighted by Crippen LogP contribution is 2.22. The van der Waals surface area contributed by atoms with Crippen LogP contribution in [0.3, 0.4) is 0 Å². The standard InChI is InChI=1S/C13H19FN2O2S/c1-11(12-3-5-13(14)6-4-12)15-7-9-16(10-8-15)19(2,17)18/h3-6,11H,7-10H2,1-2H3. The summed E-state index contributed by atoms with van der Waals surface area (Å²) in [4.78, 5) is 2.22. The van der Waals surface area contributed by atoms with Gasteiger partial charge in [-0.1, -0.05) is 12.1 Å². The smallest absolute Gasteiger partial charge is 0.211 e. The third-order valence-electron chi connectivity index (χ3n) is 3.64. The first-order valence-corrected chi connectivity index (χ1v) is 8.17. The molecule has 2 rings (SSSR count). The Morgan fingerprint density at radius 2 is 1.63 bits per heavy atom. The van der Waals surface area contributed by atoms with E-state index in [9.17, 15) is 12.8 Å². The Morgan fingerprint density at radius 1 is 1.11 bits per heavy atom. The molecule has 19 heavy (non-hydrogen) atoms. The quantitative estimate of drug-likeness (QED) is 0.845. The van der Waals surface area contributed by atoms with Crippen LogP contribution >= 0.6 is 0 Å². The molecule has 0 N–H and O–H groups in total. The molecule has 0 bridgehead atoms. The molecule has 6 heteroatoms. The van der Waals surface area contributed by atoms with Crippen molar-refractivity contribution >= 4 is 10.0 Å². The first-order chi connectivity index (χ1) is 8.88. The highest BCUT2D eigenvalue weighted by atomic mass is 32.2. The summed E-state index contributed by atoms with van der Waals surface area (Å²) in [5, 5.41) is 0. The highest BCUT2D eigenvalue weighted by Gasteiger charge is 2.26. The summed E-state index contributed by atoms with van der Waals surface area (Å²) >= 11 is 0. The molecule has 1 aromatic rings. The van der Waals surface area contributed by atoms with Gasteiger partial charge in [0.15, 0.2) is 0 Å². The van der Waals surface area contributed by atoms with Gasteiger partial charge in [-0.2, -0.15) is 4.31 Å². The van der Waals surface area contributed by atoms with Crippen molar-refractivity contribution in [1.82, 2.24) is 9.21 Å². The molecule has 4 nitrogen and oxygen atoms in total. The minimum Gasteiger partial charge on any atom is -0.294 e. The van der Waals surface area contributed by atoms with E-state index in [-0.39, 0.29) is 11.9 Å². The van der Waals surface area contributed by atoms with E-state index in [0.717, 1.165) is 5.56 Å². The Balaban J connectivity index is 1.99. The lowest BCUT2D eigenvalue weighted by atomic mass is 10.1. The monoisotopic (exact) mass is 286 g/mol. The Bertz CT molecular complexity index is 522. The van der Waals surface area contributed by atoms with Crippen LogP contribution in [0.4, 0.5) is 4.39 Å². The molecule has 1 aliphatic rings. The van der Waals surface area contributed by atoms with Crippen molar-refractivity contribution in [2.45, 2.75) is 13.0 Å². The lowest BCUT2D eigenvalue weighted by Crippen LogP contribution is -2.48. The van der Waals surface area contributed by atoms with Crippen molar-refractivity contribution in [3.05, 3.63) is 35.6 Å². The van der Waals surface area contributed by atoms with Crippen LogP contribution in [0.1, 0.15) is 18.5 Å². The zero-order chi connectivity index (χ0) is 14.0. The van der Waals surface area contributed by atoms with Gasteiger partial charge in [0.25, 0.3) is 0 Å². The summed E-state index contributed by atoms with van der Waals surface area (Å²) in [6.45, 7) is 4.50. The summed E-state index contributed by atoms with van der Waals surface area (Å²) in [7, 11) is -3.09. The van der Waals surface area contributed by atoms with Gasteiger partial charge in [0.1, 0.15) is 5.82 Å². The van der Waals surface area contributed by atoms with Crippen LogP contribution in [0.25, 0.3) is 0 Å². The summed E-state index contributed by atoms with van der Waals surface area (Å²) < 4.78 is 37.3. The van der Waals surface area contributed by atoms with E-state index in [0.29, 0.717) is 26.2 Å². The first kappa shape index (κ1) is 14.4. The van der Waals surface area contributed by atoms with E-state index in [1.54, 1.807) is 12.1 Å². The lowest BCUT2D eigenvalue weighted by molar-refractivity contribution is 0.146. The molecule has 0 saturated carbocycles. The summed E-state index contributed by atoms with van der Waals surface area (Å²) in [6, 6.07) is 6.64. The SMILES string of the molecule is CC(c1ccc(F)cc1)N1CCN(S(C)(=O)=O)CC1. The predicted octanol–water partition coefficient (Wildman–Crippen LogP) is 1.46. The minimum absolute atomic E-state index is 0.169. The summed E-state index contributed by atoms with van der Waals surface area (Å²) in [5.41, 5.74) is 1.05. The van der Waals surface area contributed by atoms with Gasteiger partial charge in [-0.3, -0.25) is 4.90 Å². The van der Waals surface area contributed by atoms with Gasteiger partial charge in [-0.25, -0.2) is 12.8 Å². The van der Waals surface area contributed by atoms with Gasteiger partial charge < -0.3 is 0 Å². The van der Waals surface area contributed by atoms with Gasteiger partial charge >= 0.3 is 0 Å². The van der Waals surface area contributed by atoms with Gasteiger partial charge in [0, 0.05) is 32.2 Å². The van der Waals surface area contributed by atoms with Gasteiger partial charge in [-0.15, -0.1) is 0 Å². The van der Waals surface area contributed by atoms with E-state index < -0.39 is 10.0 Å². The largest absolute Gasteiger partial charge is 0.294 e. The highest BCUT2D eigenvalue weighted by molar-refractivity contribution is 7.88. The third-order valence-corrected chi connectivity index (χ3v) is 4.95. The van der Waals surface area contributed by atoms with Gasteiger partial charge in [0.2, 0.25) is 10.0 Å². The molecule has 0 aromatic heterocycles. The first-order valence-electron chi connectivity index (χ1n) is 6.32. The molecule has 0 spiro atoms. The van der Waals surface area contributed by atoms with Crippen molar-refractivity contribution in [1.29, 1.82) is 0 Å². The number of hydrogen-bond donors (Lipinski definition) is 0. The van der Waals surface area contributed by atoms with E-state index in [2.05, 4.69) is 11.8 Å². The van der Waals surface area contributed by atoms with Crippen molar-refractivity contribution < 1.29 is 12.8 Å². The van der Waals surface area contributed by atoms with Crippen LogP contribution in [0, 0.1) is 5.82 Å². The number of benzene rings is 1. The zero-order valence-electron chi connectivity index (χ0n) is 11.2. The van der Waals surface area contributed by atoms with Crippen LogP contribution in [-0.4, -0.2) is 50.1 Å². The number of nitrogens with zero attached hydrogens (tertiary/aromatic N) is 2. The minimum atomic E-state index is -3.09. The maximum absolute atomic E-state index is 12.9. The van der Waals surface area contributed by atoms with Crippen LogP contribution in [0.2, 0.25) is 0 Å². The molecule has 0 radical (unpaired) electrons. The second-order valence-electron chi connectivity index (χ2n) is 4.93. The summed E-state index contributed by atoms with van der Waals surface area (Å²) in [5.74, 6) is -0.238. The molecule has 1 aromatic carbocycles. The predicted molar refractivity (Wildman–Crippen MR) is 72.8 cm³/mol. The Kier molecular flexibility index (Phi) is 4.23. The second-order valence-corrected chi connectivity index (χ2v) is 6.91. The third kappa shape index (κ3) is 3.52. The number of sulfonamides is 1. The topological polar surface area (TPSA) is 40.6 Å². The van der Waals surface area contributed by atoms with Crippen molar-refractivity contribution in [3.8, 4) is 0 Å². The molecule has 1 unspecified atom stereocenters. The molecule has 1 saturated heterocycles. The number of halogens is 1. The fraction of sp³-hybridized carbons (Fsp3) is 0.538. The fourth-order valence-corrected chi connectivity index (χ4v) is 3.20. The molecular formula is C13H19FN2O2S. The number of piperazine rings is 1. The van der Waals surface area contributed by atoms with E-state index >= 15 is 0 Å². The van der Waals surface area contributed by atoms with Crippen LogP contribution in [-0.2, 0) is 10.0 Å². The number of rotatable bonds is 3. The van der Waals surface area contributed by atoms with Crippen LogP contribution < -0.4 is 0 Å². The molecule has 1 aliphatic heterocycles. The second kappa shape index (κ2) is 5.56. The van der Waals surface area contributed by atoms with E-state index in [4.69, 9.17) is 0 Å². The zero-order valence-corrected chi connectivity index (χ0v) is 12.0. The lowest BCUT2D eigenvalue weighted by Gasteiger charge is -2.37. The Hall–Kier alpha value is -0.980. The normalized spacial score (nSPS) is 20.4. The molecular weight excluding hydrogens is 267 g/mol. The summed E-state index contributed by atoms with van der Waals surface area (Å²) in [6.07, 6.45) is 1.24. The van der Waals surface area contributed by atoms with Crippen molar-refractivity contribution in [2.24, 2.45) is 0 Å². The van der Waals surface area contributed by atoms with Crippen molar-refractivity contribution in [3.63, 3.8) is 0 Å². The van der Waals surface area contributed by atoms with Crippen LogP contribution in [0.15, 0.2) is 24.3 Å².